The van der Waals surface area contributed by atoms with Crippen molar-refractivity contribution >= 4 is 18.2 Å². The van der Waals surface area contributed by atoms with Gasteiger partial charge in [0.1, 0.15) is 12.2 Å². The van der Waals surface area contributed by atoms with E-state index in [0.717, 1.165) is 10.5 Å². The van der Waals surface area contributed by atoms with E-state index in [1.807, 2.05) is 30.3 Å². The van der Waals surface area contributed by atoms with Gasteiger partial charge in [0.25, 0.3) is 0 Å². The summed E-state index contributed by atoms with van der Waals surface area (Å²) in [5.41, 5.74) is -1.50. The molecule has 0 bridgehead atoms. The Labute approximate surface area is 158 Å². The van der Waals surface area contributed by atoms with Gasteiger partial charge < -0.3 is 19.5 Å². The normalized spacial score (nSPS) is 20.1. The maximum absolute atomic E-state index is 12.5. The molecular formula is C19H26N2O6. The van der Waals surface area contributed by atoms with Crippen LogP contribution in [0.4, 0.5) is 9.59 Å². The lowest BCUT2D eigenvalue weighted by molar-refractivity contribution is -0.153. The fourth-order valence-electron chi connectivity index (χ4n) is 2.76. The second kappa shape index (κ2) is 7.85. The molecular weight excluding hydrogens is 352 g/mol. The highest BCUT2D eigenvalue weighted by Gasteiger charge is 2.49. The second-order valence-corrected chi connectivity index (χ2v) is 7.67. The Morgan fingerprint density at radius 2 is 1.74 bits per heavy atom. The maximum atomic E-state index is 12.5. The van der Waals surface area contributed by atoms with Crippen molar-refractivity contribution in [2.24, 2.45) is 0 Å². The number of carbonyl (C=O) groups excluding carboxylic acids is 2. The molecule has 0 radical (unpaired) electrons. The van der Waals surface area contributed by atoms with E-state index in [9.17, 15) is 19.5 Å². The summed E-state index contributed by atoms with van der Waals surface area (Å²) < 4.78 is 10.6. The first kappa shape index (κ1) is 20.5. The molecule has 0 aliphatic carbocycles. The number of carboxylic acids is 1. The van der Waals surface area contributed by atoms with Crippen molar-refractivity contribution in [3.05, 3.63) is 35.9 Å². The number of piperazine rings is 1. The predicted octanol–water partition coefficient (Wildman–Crippen LogP) is 2.72. The zero-order valence-corrected chi connectivity index (χ0v) is 16.1. The van der Waals surface area contributed by atoms with Crippen LogP contribution in [0.15, 0.2) is 30.3 Å². The fourth-order valence-corrected chi connectivity index (χ4v) is 2.76. The predicted molar refractivity (Wildman–Crippen MR) is 97.2 cm³/mol. The molecule has 0 saturated carbocycles. The quantitative estimate of drug-likeness (QED) is 0.869. The van der Waals surface area contributed by atoms with E-state index in [0.29, 0.717) is 0 Å². The Balaban J connectivity index is 2.08. The van der Waals surface area contributed by atoms with Crippen molar-refractivity contribution in [2.45, 2.75) is 45.4 Å². The van der Waals surface area contributed by atoms with E-state index in [2.05, 4.69) is 0 Å². The largest absolute Gasteiger partial charge is 0.479 e. The van der Waals surface area contributed by atoms with Gasteiger partial charge in [0.05, 0.1) is 6.54 Å². The maximum Gasteiger partial charge on any atom is 0.411 e. The second-order valence-electron chi connectivity index (χ2n) is 7.67. The molecule has 1 aromatic carbocycles. The zero-order chi connectivity index (χ0) is 20.2. The molecule has 148 valence electrons. The summed E-state index contributed by atoms with van der Waals surface area (Å²) in [5, 5.41) is 9.71. The van der Waals surface area contributed by atoms with Crippen LogP contribution in [-0.4, -0.2) is 63.8 Å². The molecule has 8 nitrogen and oxygen atoms in total. The minimum atomic E-state index is -1.61. The summed E-state index contributed by atoms with van der Waals surface area (Å²) in [6, 6.07) is 9.12. The van der Waals surface area contributed by atoms with E-state index in [1.165, 1.54) is 11.8 Å². The van der Waals surface area contributed by atoms with Gasteiger partial charge >= 0.3 is 18.2 Å². The number of carbonyl (C=O) groups is 3. The van der Waals surface area contributed by atoms with E-state index in [-0.39, 0.29) is 26.2 Å². The molecule has 0 aromatic heterocycles. The summed E-state index contributed by atoms with van der Waals surface area (Å²) in [7, 11) is 0. The van der Waals surface area contributed by atoms with Crippen LogP contribution < -0.4 is 0 Å². The topological polar surface area (TPSA) is 96.4 Å². The standard InChI is InChI=1S/C19H26N2O6/c1-18(2,3)27-16(24)20-10-11-21(19(4,13-20)15(22)23)17(25)26-12-14-8-6-5-7-9-14/h5-9H,10-13H2,1-4H3,(H,22,23). The first-order valence-corrected chi connectivity index (χ1v) is 8.72. The number of rotatable bonds is 3. The van der Waals surface area contributed by atoms with E-state index in [1.54, 1.807) is 20.8 Å². The lowest BCUT2D eigenvalue weighted by Gasteiger charge is -2.45. The fraction of sp³-hybridized carbons (Fsp3) is 0.526. The van der Waals surface area contributed by atoms with E-state index in [4.69, 9.17) is 9.47 Å². The lowest BCUT2D eigenvalue weighted by atomic mass is 9.97. The van der Waals surface area contributed by atoms with Gasteiger partial charge in [0, 0.05) is 13.1 Å². The number of ether oxygens (including phenoxy) is 2. The van der Waals surface area contributed by atoms with Crippen LogP contribution in [0.5, 0.6) is 0 Å². The highest BCUT2D eigenvalue weighted by Crippen LogP contribution is 2.25. The Morgan fingerprint density at radius 3 is 2.30 bits per heavy atom. The zero-order valence-electron chi connectivity index (χ0n) is 16.1. The Kier molecular flexibility index (Phi) is 5.98. The van der Waals surface area contributed by atoms with Crippen LogP contribution >= 0.6 is 0 Å². The molecule has 1 aliphatic rings. The molecule has 1 aliphatic heterocycles. The van der Waals surface area contributed by atoms with Crippen LogP contribution in [0.1, 0.15) is 33.3 Å². The van der Waals surface area contributed by atoms with Gasteiger partial charge in [-0.1, -0.05) is 30.3 Å². The molecule has 1 N–H and O–H groups in total. The van der Waals surface area contributed by atoms with Gasteiger partial charge in [-0.3, -0.25) is 4.90 Å². The number of carboxylic acid groups (broad SMARTS) is 1. The molecule has 1 unspecified atom stereocenters. The summed E-state index contributed by atoms with van der Waals surface area (Å²) in [6.07, 6.45) is -1.33. The van der Waals surface area contributed by atoms with Gasteiger partial charge in [-0.15, -0.1) is 0 Å². The van der Waals surface area contributed by atoms with E-state index >= 15 is 0 Å². The highest BCUT2D eigenvalue weighted by atomic mass is 16.6. The molecule has 0 spiro atoms. The Morgan fingerprint density at radius 1 is 1.11 bits per heavy atom. The first-order chi connectivity index (χ1) is 12.5. The minimum absolute atomic E-state index is 0.0374. The third kappa shape index (κ3) is 5.12. The van der Waals surface area contributed by atoms with Gasteiger partial charge in [-0.25, -0.2) is 14.4 Å². The monoisotopic (exact) mass is 378 g/mol. The average Bonchev–Trinajstić information content (AvgIpc) is 2.59. The molecule has 1 heterocycles. The van der Waals surface area contributed by atoms with E-state index < -0.39 is 29.3 Å². The summed E-state index contributed by atoms with van der Waals surface area (Å²) in [4.78, 5) is 39.1. The lowest BCUT2D eigenvalue weighted by Crippen LogP contribution is -2.67. The van der Waals surface area contributed by atoms with Crippen molar-refractivity contribution < 1.29 is 29.0 Å². The molecule has 2 amide bonds. The third-order valence-electron chi connectivity index (χ3n) is 4.23. The highest BCUT2D eigenvalue weighted by molar-refractivity contribution is 5.85. The molecule has 8 heteroatoms. The molecule has 1 fully saturated rings. The molecule has 1 aromatic rings. The molecule has 27 heavy (non-hydrogen) atoms. The van der Waals surface area contributed by atoms with Crippen molar-refractivity contribution in [1.29, 1.82) is 0 Å². The number of hydrogen-bond donors (Lipinski definition) is 1. The van der Waals surface area contributed by atoms with Crippen molar-refractivity contribution in [3.63, 3.8) is 0 Å². The number of hydrogen-bond acceptors (Lipinski definition) is 5. The van der Waals surface area contributed by atoms with Gasteiger partial charge in [-0.05, 0) is 33.3 Å². The van der Waals surface area contributed by atoms with Crippen LogP contribution in [0.3, 0.4) is 0 Å². The van der Waals surface area contributed by atoms with Crippen molar-refractivity contribution in [2.75, 3.05) is 19.6 Å². The van der Waals surface area contributed by atoms with Crippen molar-refractivity contribution in [3.8, 4) is 0 Å². The van der Waals surface area contributed by atoms with Crippen LogP contribution in [0.2, 0.25) is 0 Å². The average molecular weight is 378 g/mol. The summed E-state index contributed by atoms with van der Waals surface area (Å²) >= 11 is 0. The SMILES string of the molecule is CC(C)(C)OC(=O)N1CCN(C(=O)OCc2ccccc2)C(C)(C(=O)O)C1. The van der Waals surface area contributed by atoms with Gasteiger partial charge in [-0.2, -0.15) is 0 Å². The number of nitrogens with zero attached hydrogens (tertiary/aromatic N) is 2. The van der Waals surface area contributed by atoms with Gasteiger partial charge in [0.2, 0.25) is 0 Å². The summed E-state index contributed by atoms with van der Waals surface area (Å²) in [5.74, 6) is -1.22. The van der Waals surface area contributed by atoms with Crippen LogP contribution in [0.25, 0.3) is 0 Å². The van der Waals surface area contributed by atoms with Crippen LogP contribution in [-0.2, 0) is 20.9 Å². The number of aliphatic carboxylic acids is 1. The molecule has 1 saturated heterocycles. The summed E-state index contributed by atoms with van der Waals surface area (Å²) in [6.45, 7) is 6.67. The minimum Gasteiger partial charge on any atom is -0.479 e. The van der Waals surface area contributed by atoms with Crippen molar-refractivity contribution in [1.82, 2.24) is 9.80 Å². The Bertz CT molecular complexity index is 700. The molecule has 2 rings (SSSR count). The number of benzene rings is 1. The first-order valence-electron chi connectivity index (χ1n) is 8.72. The van der Waals surface area contributed by atoms with Crippen LogP contribution in [0, 0.1) is 0 Å². The Hall–Kier alpha value is -2.77. The van der Waals surface area contributed by atoms with Gasteiger partial charge in [0.15, 0.2) is 5.54 Å². The smallest absolute Gasteiger partial charge is 0.411 e. The number of amides is 2. The third-order valence-corrected chi connectivity index (χ3v) is 4.23. The molecule has 1 atom stereocenters.